The number of hydrogen-bond acceptors (Lipinski definition) is 7. The number of aromatic nitrogens is 1. The predicted octanol–water partition coefficient (Wildman–Crippen LogP) is 6.48. The van der Waals surface area contributed by atoms with Crippen molar-refractivity contribution in [2.45, 2.75) is 70.8 Å². The molecule has 3 aromatic rings. The Morgan fingerprint density at radius 3 is 2.36 bits per heavy atom. The standard InChI is InChI=1S/C34H40BNO6/c1-33(2)26-17-28(33)34(3)29(18-26)41-35(42-34)19-25(22-39-20-23-11-7-5-8-12-23)27-15-16-36-30(32(37)38-4)31(27)40-21-24-13-9-6-10-14-24/h5-16,25-26,28-29H,17-22H2,1-4H3. The van der Waals surface area contributed by atoms with E-state index < -0.39 is 13.1 Å². The molecule has 4 aliphatic rings. The van der Waals surface area contributed by atoms with Gasteiger partial charge >= 0.3 is 13.1 Å². The molecular formula is C34H40BNO6. The van der Waals surface area contributed by atoms with E-state index >= 15 is 0 Å². The van der Waals surface area contributed by atoms with Crippen LogP contribution in [0.15, 0.2) is 72.9 Å². The van der Waals surface area contributed by atoms with Crippen LogP contribution in [0.4, 0.5) is 0 Å². The van der Waals surface area contributed by atoms with Crippen LogP contribution >= 0.6 is 0 Å². The molecule has 7 nitrogen and oxygen atoms in total. The van der Waals surface area contributed by atoms with Gasteiger partial charge in [0.05, 0.1) is 32.0 Å². The maximum Gasteiger partial charge on any atom is 0.458 e. The molecule has 1 saturated heterocycles. The fourth-order valence-corrected chi connectivity index (χ4v) is 7.37. The topological polar surface area (TPSA) is 76.1 Å². The van der Waals surface area contributed by atoms with Crippen molar-refractivity contribution >= 4 is 13.1 Å². The highest BCUT2D eigenvalue weighted by Gasteiger charge is 2.67. The minimum Gasteiger partial charge on any atom is -0.486 e. The molecule has 2 bridgehead atoms. The van der Waals surface area contributed by atoms with Gasteiger partial charge in [-0.05, 0) is 60.5 Å². The van der Waals surface area contributed by atoms with Crippen LogP contribution in [0, 0.1) is 17.3 Å². The van der Waals surface area contributed by atoms with Crippen LogP contribution in [0.1, 0.15) is 66.7 Å². The van der Waals surface area contributed by atoms with E-state index in [4.69, 9.17) is 23.5 Å². The lowest BCUT2D eigenvalue weighted by atomic mass is 9.43. The minimum atomic E-state index is -0.544. The fourth-order valence-electron chi connectivity index (χ4n) is 7.37. The van der Waals surface area contributed by atoms with E-state index in [0.29, 0.717) is 37.1 Å². The summed E-state index contributed by atoms with van der Waals surface area (Å²) in [4.78, 5) is 17.2. The van der Waals surface area contributed by atoms with Crippen LogP contribution in [0.25, 0.3) is 0 Å². The molecule has 0 spiro atoms. The number of esters is 1. The molecule has 5 unspecified atom stereocenters. The second-order valence-corrected chi connectivity index (χ2v) is 12.7. The van der Waals surface area contributed by atoms with Gasteiger partial charge in [-0.3, -0.25) is 0 Å². The van der Waals surface area contributed by atoms with Gasteiger partial charge in [0.25, 0.3) is 0 Å². The number of methoxy groups -OCH3 is 1. The van der Waals surface area contributed by atoms with Crippen molar-refractivity contribution in [2.24, 2.45) is 17.3 Å². The molecule has 8 heteroatoms. The minimum absolute atomic E-state index is 0.0852. The van der Waals surface area contributed by atoms with E-state index in [-0.39, 0.29) is 35.3 Å². The molecule has 5 atom stereocenters. The second-order valence-electron chi connectivity index (χ2n) is 12.7. The highest BCUT2D eigenvalue weighted by atomic mass is 16.7. The summed E-state index contributed by atoms with van der Waals surface area (Å²) >= 11 is 0. The quantitative estimate of drug-likeness (QED) is 0.193. The van der Waals surface area contributed by atoms with E-state index in [1.165, 1.54) is 13.5 Å². The molecule has 3 saturated carbocycles. The Bertz CT molecular complexity index is 1390. The number of rotatable bonds is 11. The van der Waals surface area contributed by atoms with E-state index in [1.54, 1.807) is 6.20 Å². The SMILES string of the molecule is COC(=O)c1nccc(C(COCc2ccccc2)CB2OC3CC4CC(C4(C)C)C3(C)O2)c1OCc1ccccc1. The van der Waals surface area contributed by atoms with Crippen molar-refractivity contribution in [1.82, 2.24) is 4.98 Å². The molecule has 220 valence electrons. The lowest BCUT2D eigenvalue weighted by Gasteiger charge is -2.64. The zero-order chi connectivity index (χ0) is 29.3. The summed E-state index contributed by atoms with van der Waals surface area (Å²) in [6.07, 6.45) is 4.51. The van der Waals surface area contributed by atoms with Gasteiger partial charge in [-0.25, -0.2) is 9.78 Å². The van der Waals surface area contributed by atoms with Crippen LogP contribution in [0.2, 0.25) is 6.32 Å². The lowest BCUT2D eigenvalue weighted by Crippen LogP contribution is -2.65. The van der Waals surface area contributed by atoms with E-state index in [1.807, 2.05) is 66.7 Å². The van der Waals surface area contributed by atoms with Crippen molar-refractivity contribution in [2.75, 3.05) is 13.7 Å². The monoisotopic (exact) mass is 569 g/mol. The first-order valence-electron chi connectivity index (χ1n) is 15.0. The van der Waals surface area contributed by atoms with Gasteiger partial charge < -0.3 is 23.5 Å². The third-order valence-electron chi connectivity index (χ3n) is 9.89. The molecule has 2 aromatic carbocycles. The average molecular weight is 570 g/mol. The molecule has 2 heterocycles. The Labute approximate surface area is 249 Å². The number of carbonyl (C=O) groups excluding carboxylic acids is 1. The van der Waals surface area contributed by atoms with Crippen LogP contribution in [0.3, 0.4) is 0 Å². The highest BCUT2D eigenvalue weighted by Crippen LogP contribution is 2.66. The normalized spacial score (nSPS) is 26.2. The zero-order valence-electron chi connectivity index (χ0n) is 25.0. The first-order valence-corrected chi connectivity index (χ1v) is 15.0. The third kappa shape index (κ3) is 5.48. The van der Waals surface area contributed by atoms with Gasteiger partial charge in [-0.2, -0.15) is 0 Å². The number of carbonyl (C=O) groups is 1. The highest BCUT2D eigenvalue weighted by molar-refractivity contribution is 6.45. The van der Waals surface area contributed by atoms with E-state index in [2.05, 4.69) is 25.8 Å². The number of benzene rings is 2. The molecule has 0 N–H and O–H groups in total. The number of ether oxygens (including phenoxy) is 3. The van der Waals surface area contributed by atoms with Crippen molar-refractivity contribution in [3.05, 3.63) is 95.3 Å². The number of nitrogens with zero attached hydrogens (tertiary/aromatic N) is 1. The maximum atomic E-state index is 12.8. The van der Waals surface area contributed by atoms with Gasteiger partial charge in [-0.15, -0.1) is 0 Å². The van der Waals surface area contributed by atoms with Gasteiger partial charge in [0.2, 0.25) is 0 Å². The molecular weight excluding hydrogens is 529 g/mol. The van der Waals surface area contributed by atoms with E-state index in [9.17, 15) is 4.79 Å². The zero-order valence-corrected chi connectivity index (χ0v) is 25.0. The van der Waals surface area contributed by atoms with Crippen LogP contribution < -0.4 is 4.74 Å². The van der Waals surface area contributed by atoms with Gasteiger partial charge in [-0.1, -0.05) is 74.5 Å². The van der Waals surface area contributed by atoms with Gasteiger partial charge in [0.15, 0.2) is 11.4 Å². The Morgan fingerprint density at radius 2 is 1.69 bits per heavy atom. The van der Waals surface area contributed by atoms with Crippen molar-refractivity contribution < 1.29 is 28.3 Å². The van der Waals surface area contributed by atoms with Crippen LogP contribution in [0.5, 0.6) is 5.75 Å². The molecule has 0 radical (unpaired) electrons. The second kappa shape index (κ2) is 11.8. The summed E-state index contributed by atoms with van der Waals surface area (Å²) in [5.41, 5.74) is 3.01. The molecule has 42 heavy (non-hydrogen) atoms. The van der Waals surface area contributed by atoms with Gasteiger partial charge in [0, 0.05) is 17.7 Å². The molecule has 3 aliphatic carbocycles. The number of pyridine rings is 1. The van der Waals surface area contributed by atoms with E-state index in [0.717, 1.165) is 23.1 Å². The molecule has 7 rings (SSSR count). The smallest absolute Gasteiger partial charge is 0.458 e. The summed E-state index contributed by atoms with van der Waals surface area (Å²) < 4.78 is 31.2. The maximum absolute atomic E-state index is 12.8. The molecule has 4 fully saturated rings. The van der Waals surface area contributed by atoms with Crippen LogP contribution in [-0.4, -0.2) is 43.5 Å². The summed E-state index contributed by atoms with van der Waals surface area (Å²) in [5.74, 6) is 0.837. The van der Waals surface area contributed by atoms with Gasteiger partial charge in [0.1, 0.15) is 6.61 Å². The first-order chi connectivity index (χ1) is 20.3. The fraction of sp³-hybridized carbons (Fsp3) is 0.471. The summed E-state index contributed by atoms with van der Waals surface area (Å²) in [6, 6.07) is 21.9. The molecule has 1 aromatic heterocycles. The van der Waals surface area contributed by atoms with Crippen molar-refractivity contribution in [1.29, 1.82) is 0 Å². The number of hydrogen-bond donors (Lipinski definition) is 0. The summed E-state index contributed by atoms with van der Waals surface area (Å²) in [6.45, 7) is 8.12. The predicted molar refractivity (Wildman–Crippen MR) is 160 cm³/mol. The Balaban J connectivity index is 1.28. The van der Waals surface area contributed by atoms with Crippen molar-refractivity contribution in [3.8, 4) is 5.75 Å². The Morgan fingerprint density at radius 1 is 1.00 bits per heavy atom. The largest absolute Gasteiger partial charge is 0.486 e. The summed E-state index contributed by atoms with van der Waals surface area (Å²) in [7, 11) is 0.963. The van der Waals surface area contributed by atoms with Crippen molar-refractivity contribution in [3.63, 3.8) is 0 Å². The van der Waals surface area contributed by atoms with Crippen LogP contribution in [-0.2, 0) is 32.0 Å². The summed E-state index contributed by atoms with van der Waals surface area (Å²) in [5, 5.41) is 0. The Kier molecular flexibility index (Phi) is 8.14. The average Bonchev–Trinajstić information content (AvgIpc) is 3.35. The first kappa shape index (κ1) is 28.9. The molecule has 0 amide bonds. The third-order valence-corrected chi connectivity index (χ3v) is 9.89. The molecule has 1 aliphatic heterocycles. The Hall–Kier alpha value is -3.20. The lowest BCUT2D eigenvalue weighted by molar-refractivity contribution is -0.199.